The Morgan fingerprint density at radius 3 is 1.14 bits per heavy atom. The fraction of sp³-hybridized carbons (Fsp3) is 0.772. The van der Waals surface area contributed by atoms with Crippen molar-refractivity contribution in [3.05, 3.63) is 60.8 Å². The van der Waals surface area contributed by atoms with E-state index in [0.717, 1.165) is 64.2 Å². The molecule has 0 heterocycles. The molecule has 0 aromatic carbocycles. The largest absolute Gasteiger partial charge is 0.462 e. The Kier molecular flexibility index (Phi) is 49.4. The lowest BCUT2D eigenvalue weighted by Gasteiger charge is -2.18. The lowest BCUT2D eigenvalue weighted by molar-refractivity contribution is -0.167. The molecule has 0 bridgehead atoms. The van der Waals surface area contributed by atoms with E-state index >= 15 is 0 Å². The molecule has 0 saturated carbocycles. The van der Waals surface area contributed by atoms with Crippen LogP contribution in [0.1, 0.15) is 265 Å². The van der Waals surface area contributed by atoms with Gasteiger partial charge in [-0.25, -0.2) is 0 Å². The first-order valence-corrected chi connectivity index (χ1v) is 26.8. The average Bonchev–Trinajstić information content (AvgIpc) is 3.28. The van der Waals surface area contributed by atoms with Crippen molar-refractivity contribution in [2.24, 2.45) is 0 Å². The van der Waals surface area contributed by atoms with Crippen LogP contribution in [0.15, 0.2) is 60.8 Å². The highest BCUT2D eigenvalue weighted by atomic mass is 16.6. The summed E-state index contributed by atoms with van der Waals surface area (Å²) in [6.07, 6.45) is 63.6. The molecule has 0 aromatic heterocycles. The van der Waals surface area contributed by atoms with Crippen LogP contribution in [0.3, 0.4) is 0 Å². The minimum atomic E-state index is -0.792. The summed E-state index contributed by atoms with van der Waals surface area (Å²) in [4.78, 5) is 38.0. The van der Waals surface area contributed by atoms with E-state index < -0.39 is 6.10 Å². The molecule has 0 saturated heterocycles. The van der Waals surface area contributed by atoms with Gasteiger partial charge in [0.1, 0.15) is 13.2 Å². The lowest BCUT2D eigenvalue weighted by atomic mass is 10.0. The van der Waals surface area contributed by atoms with E-state index in [0.29, 0.717) is 19.3 Å². The monoisotopic (exact) mass is 881 g/mol. The molecule has 0 N–H and O–H groups in total. The van der Waals surface area contributed by atoms with Crippen LogP contribution >= 0.6 is 0 Å². The van der Waals surface area contributed by atoms with Crippen molar-refractivity contribution in [3.8, 4) is 0 Å². The van der Waals surface area contributed by atoms with Gasteiger partial charge in [0, 0.05) is 19.3 Å². The topological polar surface area (TPSA) is 78.9 Å². The summed E-state index contributed by atoms with van der Waals surface area (Å²) in [5.74, 6) is -0.942. The van der Waals surface area contributed by atoms with Crippen LogP contribution in [0.2, 0.25) is 0 Å². The van der Waals surface area contributed by atoms with Gasteiger partial charge in [0.05, 0.1) is 0 Å². The number of carbonyl (C=O) groups is 3. The third-order valence-corrected chi connectivity index (χ3v) is 11.5. The van der Waals surface area contributed by atoms with Crippen molar-refractivity contribution in [1.82, 2.24) is 0 Å². The van der Waals surface area contributed by atoms with Gasteiger partial charge in [0.2, 0.25) is 0 Å². The molecule has 63 heavy (non-hydrogen) atoms. The van der Waals surface area contributed by atoms with E-state index in [9.17, 15) is 14.4 Å². The maximum atomic E-state index is 12.8. The summed E-state index contributed by atoms with van der Waals surface area (Å²) < 4.78 is 16.8. The Morgan fingerprint density at radius 2 is 0.683 bits per heavy atom. The van der Waals surface area contributed by atoms with Crippen LogP contribution in [0.5, 0.6) is 0 Å². The zero-order chi connectivity index (χ0) is 45.8. The molecule has 0 aliphatic carbocycles. The number of unbranched alkanes of at least 4 members (excludes halogenated alkanes) is 28. The first-order chi connectivity index (χ1) is 31.0. The zero-order valence-electron chi connectivity index (χ0n) is 41.6. The SMILES string of the molecule is CC/C=C\C/C=C\C/C=C\CCCC(=O)OCC(COC(=O)CCCCCCCCCCCC/C=C\C=C/CCCCC)OC(=O)CCCCCCCCCCCCCCCCC. The molecule has 364 valence electrons. The van der Waals surface area contributed by atoms with Gasteiger partial charge in [-0.15, -0.1) is 0 Å². The molecular weight excluding hydrogens is 781 g/mol. The number of carbonyl (C=O) groups excluding carboxylic acids is 3. The third-order valence-electron chi connectivity index (χ3n) is 11.5. The van der Waals surface area contributed by atoms with Crippen molar-refractivity contribution in [1.29, 1.82) is 0 Å². The number of esters is 3. The Morgan fingerprint density at radius 1 is 0.349 bits per heavy atom. The third kappa shape index (κ3) is 50.0. The van der Waals surface area contributed by atoms with Crippen molar-refractivity contribution < 1.29 is 28.6 Å². The summed E-state index contributed by atoms with van der Waals surface area (Å²) in [5.41, 5.74) is 0. The maximum absolute atomic E-state index is 12.8. The van der Waals surface area contributed by atoms with Crippen LogP contribution in [0.4, 0.5) is 0 Å². The number of hydrogen-bond donors (Lipinski definition) is 0. The smallest absolute Gasteiger partial charge is 0.306 e. The van der Waals surface area contributed by atoms with Gasteiger partial charge < -0.3 is 14.2 Å². The molecule has 1 atom stereocenters. The van der Waals surface area contributed by atoms with Crippen molar-refractivity contribution in [2.75, 3.05) is 13.2 Å². The number of ether oxygens (including phenoxy) is 3. The highest BCUT2D eigenvalue weighted by molar-refractivity contribution is 5.71. The predicted octanol–water partition coefficient (Wildman–Crippen LogP) is 17.6. The highest BCUT2D eigenvalue weighted by Gasteiger charge is 2.19. The van der Waals surface area contributed by atoms with Gasteiger partial charge in [0.25, 0.3) is 0 Å². The summed E-state index contributed by atoms with van der Waals surface area (Å²) in [5, 5.41) is 0. The van der Waals surface area contributed by atoms with Crippen molar-refractivity contribution in [3.63, 3.8) is 0 Å². The quantitative estimate of drug-likeness (QED) is 0.0199. The van der Waals surface area contributed by atoms with E-state index in [4.69, 9.17) is 14.2 Å². The molecular formula is C57H100O6. The molecule has 0 amide bonds. The fourth-order valence-electron chi connectivity index (χ4n) is 7.52. The van der Waals surface area contributed by atoms with Gasteiger partial charge in [-0.3, -0.25) is 14.4 Å². The molecule has 0 radical (unpaired) electrons. The van der Waals surface area contributed by atoms with Crippen LogP contribution in [0, 0.1) is 0 Å². The van der Waals surface area contributed by atoms with E-state index in [1.165, 1.54) is 154 Å². The lowest BCUT2D eigenvalue weighted by Crippen LogP contribution is -2.30. The van der Waals surface area contributed by atoms with Crippen LogP contribution < -0.4 is 0 Å². The summed E-state index contributed by atoms with van der Waals surface area (Å²) in [6.45, 7) is 6.46. The Labute approximate surface area is 390 Å². The Bertz CT molecular complexity index is 1150. The van der Waals surface area contributed by atoms with E-state index in [-0.39, 0.29) is 37.5 Å². The average molecular weight is 881 g/mol. The van der Waals surface area contributed by atoms with Crippen LogP contribution in [0.25, 0.3) is 0 Å². The van der Waals surface area contributed by atoms with Gasteiger partial charge in [0.15, 0.2) is 6.10 Å². The van der Waals surface area contributed by atoms with Gasteiger partial charge in [-0.05, 0) is 70.6 Å². The second-order valence-electron chi connectivity index (χ2n) is 17.8. The highest BCUT2D eigenvalue weighted by Crippen LogP contribution is 2.16. The molecule has 0 spiro atoms. The minimum Gasteiger partial charge on any atom is -0.462 e. The second kappa shape index (κ2) is 51.7. The van der Waals surface area contributed by atoms with Gasteiger partial charge >= 0.3 is 17.9 Å². The first-order valence-electron chi connectivity index (χ1n) is 26.8. The number of hydrogen-bond acceptors (Lipinski definition) is 6. The summed E-state index contributed by atoms with van der Waals surface area (Å²) in [7, 11) is 0. The zero-order valence-corrected chi connectivity index (χ0v) is 41.6. The van der Waals surface area contributed by atoms with Crippen molar-refractivity contribution in [2.45, 2.75) is 271 Å². The maximum Gasteiger partial charge on any atom is 0.306 e. The number of allylic oxidation sites excluding steroid dienone is 10. The normalized spacial score (nSPS) is 12.5. The summed E-state index contributed by atoms with van der Waals surface area (Å²) in [6, 6.07) is 0. The molecule has 0 fully saturated rings. The minimum absolute atomic E-state index is 0.0896. The van der Waals surface area contributed by atoms with Crippen LogP contribution in [-0.2, 0) is 28.6 Å². The number of rotatable bonds is 48. The molecule has 0 aliphatic rings. The van der Waals surface area contributed by atoms with E-state index in [2.05, 4.69) is 81.5 Å². The van der Waals surface area contributed by atoms with E-state index in [1.807, 2.05) is 0 Å². The fourth-order valence-corrected chi connectivity index (χ4v) is 7.52. The second-order valence-corrected chi connectivity index (χ2v) is 17.8. The molecule has 0 aromatic rings. The van der Waals surface area contributed by atoms with Crippen LogP contribution in [-0.4, -0.2) is 37.2 Å². The molecule has 6 nitrogen and oxygen atoms in total. The summed E-state index contributed by atoms with van der Waals surface area (Å²) >= 11 is 0. The first kappa shape index (κ1) is 60.1. The molecule has 6 heteroatoms. The Balaban J connectivity index is 4.35. The predicted molar refractivity (Wildman–Crippen MR) is 270 cm³/mol. The van der Waals surface area contributed by atoms with Gasteiger partial charge in [-0.1, -0.05) is 236 Å². The molecule has 1 unspecified atom stereocenters. The van der Waals surface area contributed by atoms with Crippen molar-refractivity contribution >= 4 is 17.9 Å². The van der Waals surface area contributed by atoms with Gasteiger partial charge in [-0.2, -0.15) is 0 Å². The standard InChI is InChI=1S/C57H100O6/c1-4-7-10-13-16-19-22-24-26-27-28-29-31-32-35-38-41-44-47-50-56(59)62-53-54(52-61-55(58)49-46-43-40-37-34-21-18-15-12-9-6-3)63-57(60)51-48-45-42-39-36-33-30-25-23-20-17-14-11-8-5-2/h9,12,16,18-19,21-22,24,37,40,54H,4-8,10-11,13-15,17,20,23,25-36,38-39,41-53H2,1-3H3/b12-9-,19-16-,21-18-,24-22-,40-37-. The van der Waals surface area contributed by atoms with E-state index in [1.54, 1.807) is 0 Å². The molecule has 0 rings (SSSR count). The molecule has 0 aliphatic heterocycles. The Hall–Kier alpha value is -2.89.